The van der Waals surface area contributed by atoms with Crippen molar-refractivity contribution in [3.63, 3.8) is 0 Å². The van der Waals surface area contributed by atoms with Gasteiger partial charge in [0, 0.05) is 43.9 Å². The zero-order valence-corrected chi connectivity index (χ0v) is 14.3. The van der Waals surface area contributed by atoms with Crippen LogP contribution in [0.25, 0.3) is 0 Å². The van der Waals surface area contributed by atoms with Crippen LogP contribution in [0.1, 0.15) is 42.6 Å². The Morgan fingerprint density at radius 2 is 2.13 bits per heavy atom. The van der Waals surface area contributed by atoms with Gasteiger partial charge in [0.1, 0.15) is 0 Å². The maximum atomic E-state index is 12.7. The molecule has 1 N–H and O–H groups in total. The van der Waals surface area contributed by atoms with Crippen LogP contribution in [0, 0.1) is 19.8 Å². The Kier molecular flexibility index (Phi) is 4.41. The highest BCUT2D eigenvalue weighted by molar-refractivity contribution is 5.80. The van der Waals surface area contributed by atoms with E-state index in [1.54, 1.807) is 0 Å². The van der Waals surface area contributed by atoms with Gasteiger partial charge in [-0.05, 0) is 39.0 Å². The lowest BCUT2D eigenvalue weighted by Crippen LogP contribution is -2.52. The summed E-state index contributed by atoms with van der Waals surface area (Å²) in [6, 6.07) is 0.298. The summed E-state index contributed by atoms with van der Waals surface area (Å²) in [5.74, 6) is 0.840. The van der Waals surface area contributed by atoms with Gasteiger partial charge >= 0.3 is 0 Å². The molecule has 3 rings (SSSR count). The Morgan fingerprint density at radius 3 is 2.83 bits per heavy atom. The minimum atomic E-state index is 0.175. The van der Waals surface area contributed by atoms with E-state index in [-0.39, 0.29) is 11.8 Å². The number of amides is 2. The Labute approximate surface area is 137 Å². The maximum absolute atomic E-state index is 12.7. The molecule has 3 heterocycles. The molecule has 0 unspecified atom stereocenters. The van der Waals surface area contributed by atoms with Crippen molar-refractivity contribution in [2.75, 3.05) is 20.1 Å². The van der Waals surface area contributed by atoms with Gasteiger partial charge in [0.25, 0.3) is 0 Å². The molecule has 1 aromatic heterocycles. The fraction of sp³-hybridized carbons (Fsp3) is 0.706. The third-order valence-electron chi connectivity index (χ3n) is 5.51. The summed E-state index contributed by atoms with van der Waals surface area (Å²) in [5.41, 5.74) is 2.90. The van der Waals surface area contributed by atoms with E-state index in [1.807, 2.05) is 30.7 Å². The van der Waals surface area contributed by atoms with Crippen molar-refractivity contribution >= 4 is 11.8 Å². The number of rotatable bonds is 2. The molecule has 2 aliphatic heterocycles. The van der Waals surface area contributed by atoms with Crippen LogP contribution in [0.2, 0.25) is 0 Å². The van der Waals surface area contributed by atoms with Gasteiger partial charge in [0.05, 0.1) is 12.1 Å². The van der Waals surface area contributed by atoms with Gasteiger partial charge < -0.3 is 9.80 Å². The molecule has 2 aliphatic rings. The molecule has 2 fully saturated rings. The van der Waals surface area contributed by atoms with Gasteiger partial charge in [-0.2, -0.15) is 5.10 Å². The predicted molar refractivity (Wildman–Crippen MR) is 86.9 cm³/mol. The number of H-pyrrole nitrogens is 1. The summed E-state index contributed by atoms with van der Waals surface area (Å²) in [4.78, 5) is 28.6. The summed E-state index contributed by atoms with van der Waals surface area (Å²) in [7, 11) is 1.92. The monoisotopic (exact) mass is 318 g/mol. The van der Waals surface area contributed by atoms with Crippen LogP contribution in [0.3, 0.4) is 0 Å². The van der Waals surface area contributed by atoms with E-state index in [2.05, 4.69) is 10.2 Å². The number of aromatic nitrogens is 2. The minimum absolute atomic E-state index is 0.175. The first-order valence-corrected chi connectivity index (χ1v) is 8.51. The largest absolute Gasteiger partial charge is 0.342 e. The Morgan fingerprint density at radius 1 is 1.35 bits per heavy atom. The van der Waals surface area contributed by atoms with Crippen LogP contribution < -0.4 is 0 Å². The first-order valence-electron chi connectivity index (χ1n) is 8.51. The number of carbonyl (C=O) groups excluding carboxylic acids is 2. The number of hydrogen-bond acceptors (Lipinski definition) is 3. The molecule has 2 amide bonds. The predicted octanol–water partition coefficient (Wildman–Crippen LogP) is 1.43. The molecular weight excluding hydrogens is 292 g/mol. The highest BCUT2D eigenvalue weighted by Gasteiger charge is 2.37. The number of hydrogen-bond donors (Lipinski definition) is 1. The first kappa shape index (κ1) is 16.0. The third-order valence-corrected chi connectivity index (χ3v) is 5.51. The zero-order chi connectivity index (χ0) is 16.6. The van der Waals surface area contributed by atoms with E-state index in [1.165, 1.54) is 0 Å². The number of likely N-dealkylation sites (tertiary alicyclic amines) is 2. The van der Waals surface area contributed by atoms with Crippen LogP contribution in [0.4, 0.5) is 0 Å². The van der Waals surface area contributed by atoms with Crippen molar-refractivity contribution < 1.29 is 9.59 Å². The highest BCUT2D eigenvalue weighted by Crippen LogP contribution is 2.30. The zero-order valence-electron chi connectivity index (χ0n) is 14.3. The van der Waals surface area contributed by atoms with E-state index in [4.69, 9.17) is 0 Å². The van der Waals surface area contributed by atoms with Crippen LogP contribution >= 0.6 is 0 Å². The molecule has 0 aliphatic carbocycles. The standard InChI is InChI=1S/C17H26N4O2/c1-11-14(12(2)19-18-11)9-17(23)21-8-7-15-13(10-21)5-4-6-16(22)20(15)3/h13,15H,4-10H2,1-3H3,(H,18,19)/t13-,15+/m0/s1. The van der Waals surface area contributed by atoms with Crippen molar-refractivity contribution in [1.82, 2.24) is 20.0 Å². The minimum Gasteiger partial charge on any atom is -0.342 e. The number of nitrogens with zero attached hydrogens (tertiary/aromatic N) is 3. The molecule has 1 aromatic rings. The molecule has 0 spiro atoms. The second-order valence-corrected chi connectivity index (χ2v) is 6.94. The molecule has 0 radical (unpaired) electrons. The highest BCUT2D eigenvalue weighted by atomic mass is 16.2. The second-order valence-electron chi connectivity index (χ2n) is 6.94. The summed E-state index contributed by atoms with van der Waals surface area (Å²) < 4.78 is 0. The Balaban J connectivity index is 1.67. The molecule has 2 atom stereocenters. The van der Waals surface area contributed by atoms with Crippen LogP contribution in [-0.2, 0) is 16.0 Å². The van der Waals surface area contributed by atoms with Crippen molar-refractivity contribution in [1.29, 1.82) is 0 Å². The average molecular weight is 318 g/mol. The van der Waals surface area contributed by atoms with Crippen molar-refractivity contribution in [2.45, 2.75) is 52.0 Å². The molecule has 6 heteroatoms. The van der Waals surface area contributed by atoms with Crippen molar-refractivity contribution in [3.05, 3.63) is 17.0 Å². The fourth-order valence-corrected chi connectivity index (χ4v) is 4.01. The van der Waals surface area contributed by atoms with Gasteiger partial charge in [-0.1, -0.05) is 0 Å². The molecule has 0 bridgehead atoms. The summed E-state index contributed by atoms with van der Waals surface area (Å²) in [5, 5.41) is 7.12. The van der Waals surface area contributed by atoms with Gasteiger partial charge in [-0.3, -0.25) is 14.7 Å². The van der Waals surface area contributed by atoms with Crippen LogP contribution in [0.15, 0.2) is 0 Å². The average Bonchev–Trinajstić information content (AvgIpc) is 2.77. The summed E-state index contributed by atoms with van der Waals surface area (Å²) in [6.45, 7) is 5.41. The summed E-state index contributed by atoms with van der Waals surface area (Å²) >= 11 is 0. The van der Waals surface area contributed by atoms with Crippen molar-refractivity contribution in [2.24, 2.45) is 5.92 Å². The Hall–Kier alpha value is -1.85. The van der Waals surface area contributed by atoms with Crippen LogP contribution in [-0.4, -0.2) is 58.0 Å². The lowest BCUT2D eigenvalue weighted by Gasteiger charge is -2.41. The van der Waals surface area contributed by atoms with E-state index >= 15 is 0 Å². The quantitative estimate of drug-likeness (QED) is 0.897. The fourth-order valence-electron chi connectivity index (χ4n) is 4.01. The van der Waals surface area contributed by atoms with Gasteiger partial charge in [-0.15, -0.1) is 0 Å². The lowest BCUT2D eigenvalue weighted by atomic mass is 9.88. The normalized spacial score (nSPS) is 25.3. The van der Waals surface area contributed by atoms with E-state index < -0.39 is 0 Å². The van der Waals surface area contributed by atoms with Gasteiger partial charge in [0.15, 0.2) is 0 Å². The molecule has 0 aromatic carbocycles. The van der Waals surface area contributed by atoms with Crippen molar-refractivity contribution in [3.8, 4) is 0 Å². The smallest absolute Gasteiger partial charge is 0.227 e. The molecule has 6 nitrogen and oxygen atoms in total. The van der Waals surface area contributed by atoms with Gasteiger partial charge in [-0.25, -0.2) is 0 Å². The molecule has 23 heavy (non-hydrogen) atoms. The molecule has 0 saturated carbocycles. The lowest BCUT2D eigenvalue weighted by molar-refractivity contribution is -0.136. The molecule has 126 valence electrons. The summed E-state index contributed by atoms with van der Waals surface area (Å²) in [6.07, 6.45) is 3.92. The maximum Gasteiger partial charge on any atom is 0.227 e. The second kappa shape index (κ2) is 6.34. The number of nitrogens with one attached hydrogen (secondary N) is 1. The van der Waals surface area contributed by atoms with E-state index in [0.29, 0.717) is 24.8 Å². The number of fused-ring (bicyclic) bond motifs is 1. The topological polar surface area (TPSA) is 69.3 Å². The molecule has 2 saturated heterocycles. The number of aryl methyl sites for hydroxylation is 2. The molecular formula is C17H26N4O2. The first-order chi connectivity index (χ1) is 11.0. The Bertz CT molecular complexity index is 590. The van der Waals surface area contributed by atoms with Gasteiger partial charge in [0.2, 0.25) is 11.8 Å². The number of aromatic amines is 1. The third kappa shape index (κ3) is 3.12. The number of piperidine rings is 1. The van der Waals surface area contributed by atoms with Crippen LogP contribution in [0.5, 0.6) is 0 Å². The number of carbonyl (C=O) groups is 2. The van der Waals surface area contributed by atoms with E-state index in [9.17, 15) is 9.59 Å². The van der Waals surface area contributed by atoms with E-state index in [0.717, 1.165) is 49.3 Å². The SMILES string of the molecule is Cc1n[nH]c(C)c1CC(=O)N1CC[C@@H]2[C@@H](CCCC(=O)N2C)C1.